The molecular weight excluding hydrogens is 281 g/mol. The van der Waals surface area contributed by atoms with Gasteiger partial charge in [-0.25, -0.2) is 4.39 Å². The van der Waals surface area contributed by atoms with E-state index in [1.807, 2.05) is 30.3 Å². The molecule has 2 N–H and O–H groups in total. The van der Waals surface area contributed by atoms with Gasteiger partial charge in [0.15, 0.2) is 0 Å². The Kier molecular flexibility index (Phi) is 4.71. The van der Waals surface area contributed by atoms with Crippen molar-refractivity contribution >= 4 is 0 Å². The van der Waals surface area contributed by atoms with Gasteiger partial charge in [-0.1, -0.05) is 30.3 Å². The van der Waals surface area contributed by atoms with Gasteiger partial charge in [0.05, 0.1) is 0 Å². The minimum atomic E-state index is -0.582. The summed E-state index contributed by atoms with van der Waals surface area (Å²) in [6.07, 6.45) is 0.598. The fraction of sp³-hybridized carbons (Fsp3) is 0.333. The topological polar surface area (TPSA) is 41.5 Å². The molecule has 2 aromatic rings. The molecule has 0 spiro atoms. The van der Waals surface area contributed by atoms with Crippen molar-refractivity contribution in [3.63, 3.8) is 0 Å². The van der Waals surface area contributed by atoms with Gasteiger partial charge >= 0.3 is 0 Å². The van der Waals surface area contributed by atoms with Gasteiger partial charge in [0.2, 0.25) is 0 Å². The predicted molar refractivity (Wildman–Crippen MR) is 83.3 cm³/mol. The van der Waals surface area contributed by atoms with Crippen LogP contribution in [0.3, 0.4) is 0 Å². The van der Waals surface area contributed by atoms with Crippen molar-refractivity contribution in [1.29, 1.82) is 0 Å². The first kappa shape index (κ1) is 15.0. The summed E-state index contributed by atoms with van der Waals surface area (Å²) in [6.45, 7) is 1.18. The van der Waals surface area contributed by atoms with Crippen LogP contribution in [0.5, 0.6) is 5.75 Å². The second kappa shape index (κ2) is 6.90. The number of aryl methyl sites for hydroxylation is 1. The summed E-state index contributed by atoms with van der Waals surface area (Å²) in [6, 6.07) is 14.6. The smallest absolute Gasteiger partial charge is 0.126 e. The van der Waals surface area contributed by atoms with Gasteiger partial charge < -0.3 is 15.2 Å². The average molecular weight is 301 g/mol. The highest BCUT2D eigenvalue weighted by Crippen LogP contribution is 2.29. The van der Waals surface area contributed by atoms with Crippen LogP contribution in [-0.2, 0) is 13.0 Å². The molecule has 1 unspecified atom stereocenters. The molecule has 0 saturated heterocycles. The fourth-order valence-electron chi connectivity index (χ4n) is 2.74. The molecule has 0 aliphatic carbocycles. The number of aliphatic hydroxyl groups excluding tert-OH is 1. The molecule has 0 fully saturated rings. The highest BCUT2D eigenvalue weighted by molar-refractivity contribution is 5.36. The van der Waals surface area contributed by atoms with Crippen molar-refractivity contribution < 1.29 is 14.2 Å². The summed E-state index contributed by atoms with van der Waals surface area (Å²) in [5.41, 5.74) is 2.06. The first-order valence-electron chi connectivity index (χ1n) is 7.60. The third-order valence-electron chi connectivity index (χ3n) is 3.95. The maximum atomic E-state index is 13.2. The molecule has 3 rings (SSSR count). The van der Waals surface area contributed by atoms with Crippen LogP contribution in [0.4, 0.5) is 4.39 Å². The van der Waals surface area contributed by atoms with Crippen LogP contribution in [0.15, 0.2) is 48.5 Å². The van der Waals surface area contributed by atoms with Gasteiger partial charge in [0.1, 0.15) is 23.8 Å². The number of ether oxygens (including phenoxy) is 1. The molecule has 0 aromatic heterocycles. The van der Waals surface area contributed by atoms with E-state index in [-0.39, 0.29) is 11.9 Å². The van der Waals surface area contributed by atoms with Crippen molar-refractivity contribution in [1.82, 2.24) is 5.32 Å². The molecule has 0 saturated carbocycles. The zero-order valence-corrected chi connectivity index (χ0v) is 12.3. The number of rotatable bonds is 5. The third kappa shape index (κ3) is 3.64. The van der Waals surface area contributed by atoms with Crippen LogP contribution in [0.1, 0.15) is 17.5 Å². The van der Waals surface area contributed by atoms with Crippen LogP contribution in [0.25, 0.3) is 0 Å². The number of halogens is 1. The molecule has 22 heavy (non-hydrogen) atoms. The Labute approximate surface area is 129 Å². The van der Waals surface area contributed by atoms with Crippen molar-refractivity contribution in [2.24, 2.45) is 0 Å². The van der Waals surface area contributed by atoms with Crippen LogP contribution in [0.2, 0.25) is 0 Å². The monoisotopic (exact) mass is 301 g/mol. The highest BCUT2D eigenvalue weighted by atomic mass is 19.1. The molecule has 1 aliphatic rings. The standard InChI is InChI=1S/C18H20FNO2/c19-15-7-9-17-14(10-15)6-8-18(22-17)16(21)12-20-11-13-4-2-1-3-5-13/h1-5,7,9-10,16,18,20-21H,6,8,11-12H2/t16?,18-/m0/s1. The summed E-state index contributed by atoms with van der Waals surface area (Å²) in [7, 11) is 0. The second-order valence-electron chi connectivity index (χ2n) is 5.63. The van der Waals surface area contributed by atoms with E-state index < -0.39 is 6.10 Å². The number of hydrogen-bond acceptors (Lipinski definition) is 3. The number of hydrogen-bond donors (Lipinski definition) is 2. The Balaban J connectivity index is 1.51. The van der Waals surface area contributed by atoms with E-state index in [1.54, 1.807) is 6.07 Å². The summed E-state index contributed by atoms with van der Waals surface area (Å²) in [5, 5.41) is 13.5. The van der Waals surface area contributed by atoms with Crippen LogP contribution < -0.4 is 10.1 Å². The summed E-state index contributed by atoms with van der Waals surface area (Å²) in [4.78, 5) is 0. The number of fused-ring (bicyclic) bond motifs is 1. The predicted octanol–water partition coefficient (Wildman–Crippen LogP) is 2.67. The van der Waals surface area contributed by atoms with E-state index in [1.165, 1.54) is 17.7 Å². The van der Waals surface area contributed by atoms with Gasteiger partial charge in [-0.2, -0.15) is 0 Å². The van der Waals surface area contributed by atoms with E-state index in [0.717, 1.165) is 12.0 Å². The van der Waals surface area contributed by atoms with Gasteiger partial charge in [0, 0.05) is 13.1 Å². The van der Waals surface area contributed by atoms with E-state index in [2.05, 4.69) is 5.32 Å². The Morgan fingerprint density at radius 2 is 2.05 bits per heavy atom. The maximum absolute atomic E-state index is 13.2. The van der Waals surface area contributed by atoms with Crippen molar-refractivity contribution in [3.8, 4) is 5.75 Å². The number of benzene rings is 2. The average Bonchev–Trinajstić information content (AvgIpc) is 2.55. The van der Waals surface area contributed by atoms with E-state index in [9.17, 15) is 9.50 Å². The van der Waals surface area contributed by atoms with Gasteiger partial charge in [-0.15, -0.1) is 0 Å². The zero-order valence-electron chi connectivity index (χ0n) is 12.3. The molecule has 0 radical (unpaired) electrons. The summed E-state index contributed by atoms with van der Waals surface area (Å²) < 4.78 is 19.0. The molecule has 4 heteroatoms. The minimum Gasteiger partial charge on any atom is -0.487 e. The SMILES string of the molecule is OC(CNCc1ccccc1)[C@@H]1CCc2cc(F)ccc2O1. The lowest BCUT2D eigenvalue weighted by atomic mass is 9.99. The molecule has 2 aromatic carbocycles. The normalized spacial score (nSPS) is 18.4. The largest absolute Gasteiger partial charge is 0.487 e. The number of nitrogens with one attached hydrogen (secondary N) is 1. The Morgan fingerprint density at radius 1 is 1.23 bits per heavy atom. The summed E-state index contributed by atoms with van der Waals surface area (Å²) in [5.74, 6) is 0.436. The van der Waals surface area contributed by atoms with Crippen LogP contribution >= 0.6 is 0 Å². The van der Waals surface area contributed by atoms with Crippen molar-refractivity contribution in [3.05, 3.63) is 65.5 Å². The lowest BCUT2D eigenvalue weighted by Crippen LogP contribution is -2.41. The lowest BCUT2D eigenvalue weighted by Gasteiger charge is -2.29. The third-order valence-corrected chi connectivity index (χ3v) is 3.95. The maximum Gasteiger partial charge on any atom is 0.126 e. The van der Waals surface area contributed by atoms with E-state index in [0.29, 0.717) is 25.3 Å². The Hall–Kier alpha value is -1.91. The van der Waals surface area contributed by atoms with Crippen LogP contribution in [0, 0.1) is 5.82 Å². The Bertz CT molecular complexity index is 618. The van der Waals surface area contributed by atoms with E-state index in [4.69, 9.17) is 4.74 Å². The second-order valence-corrected chi connectivity index (χ2v) is 5.63. The van der Waals surface area contributed by atoms with E-state index >= 15 is 0 Å². The highest BCUT2D eigenvalue weighted by Gasteiger charge is 2.26. The van der Waals surface area contributed by atoms with Gasteiger partial charge in [0.25, 0.3) is 0 Å². The first-order chi connectivity index (χ1) is 10.7. The first-order valence-corrected chi connectivity index (χ1v) is 7.60. The van der Waals surface area contributed by atoms with Crippen LogP contribution in [-0.4, -0.2) is 23.9 Å². The molecule has 0 amide bonds. The van der Waals surface area contributed by atoms with Gasteiger partial charge in [-0.05, 0) is 42.2 Å². The molecule has 116 valence electrons. The molecule has 3 nitrogen and oxygen atoms in total. The lowest BCUT2D eigenvalue weighted by molar-refractivity contribution is 0.0243. The summed E-state index contributed by atoms with van der Waals surface area (Å²) >= 11 is 0. The molecule has 2 atom stereocenters. The molecule has 1 heterocycles. The fourth-order valence-corrected chi connectivity index (χ4v) is 2.74. The molecular formula is C18H20FNO2. The molecule has 1 aliphatic heterocycles. The molecule has 0 bridgehead atoms. The number of aliphatic hydroxyl groups is 1. The zero-order chi connectivity index (χ0) is 15.4. The Morgan fingerprint density at radius 3 is 2.86 bits per heavy atom. The van der Waals surface area contributed by atoms with Gasteiger partial charge in [-0.3, -0.25) is 0 Å². The van der Waals surface area contributed by atoms with Crippen molar-refractivity contribution in [2.75, 3.05) is 6.54 Å². The quantitative estimate of drug-likeness (QED) is 0.892. The minimum absolute atomic E-state index is 0.245. The van der Waals surface area contributed by atoms with Crippen molar-refractivity contribution in [2.45, 2.75) is 31.6 Å².